The standard InChI is InChI=1S/C25H36N4O3/c1-29(18-24-4-3-14-31-24)13-15-32-23-11-7-21(8-12-23)28-25-26-16-20(17-27-25)19-5-9-22(30-2)10-6-19/h5-12,20,24-28H,3-4,13-18H2,1-2H3. The summed E-state index contributed by atoms with van der Waals surface area (Å²) in [5.74, 6) is 2.22. The highest BCUT2D eigenvalue weighted by Gasteiger charge is 2.21. The van der Waals surface area contributed by atoms with Gasteiger partial charge in [-0.15, -0.1) is 0 Å². The van der Waals surface area contributed by atoms with Gasteiger partial charge >= 0.3 is 0 Å². The minimum absolute atomic E-state index is 0.0442. The van der Waals surface area contributed by atoms with E-state index in [0.717, 1.165) is 50.0 Å². The molecule has 3 N–H and O–H groups in total. The molecule has 4 rings (SSSR count). The molecular formula is C25H36N4O3. The Bertz CT molecular complexity index is 801. The second-order valence-corrected chi connectivity index (χ2v) is 8.63. The van der Waals surface area contributed by atoms with Crippen molar-refractivity contribution in [1.29, 1.82) is 0 Å². The molecule has 1 unspecified atom stereocenters. The molecule has 0 aromatic heterocycles. The summed E-state index contributed by atoms with van der Waals surface area (Å²) in [4.78, 5) is 2.28. The fraction of sp³-hybridized carbons (Fsp3) is 0.520. The summed E-state index contributed by atoms with van der Waals surface area (Å²) < 4.78 is 16.9. The minimum Gasteiger partial charge on any atom is -0.497 e. The van der Waals surface area contributed by atoms with E-state index in [1.807, 2.05) is 24.3 Å². The van der Waals surface area contributed by atoms with E-state index in [1.54, 1.807) is 7.11 Å². The van der Waals surface area contributed by atoms with Crippen molar-refractivity contribution in [3.8, 4) is 11.5 Å². The smallest absolute Gasteiger partial charge is 0.132 e. The van der Waals surface area contributed by atoms with Gasteiger partial charge in [-0.2, -0.15) is 0 Å². The monoisotopic (exact) mass is 440 g/mol. The number of hydrogen-bond acceptors (Lipinski definition) is 7. The van der Waals surface area contributed by atoms with Crippen LogP contribution in [0.1, 0.15) is 24.3 Å². The third kappa shape index (κ3) is 6.59. The first-order valence-corrected chi connectivity index (χ1v) is 11.6. The molecule has 2 saturated heterocycles. The van der Waals surface area contributed by atoms with Gasteiger partial charge in [0.1, 0.15) is 24.4 Å². The first kappa shape index (κ1) is 22.9. The van der Waals surface area contributed by atoms with Crippen molar-refractivity contribution >= 4 is 5.69 Å². The molecule has 2 aromatic carbocycles. The van der Waals surface area contributed by atoms with Gasteiger partial charge in [0.25, 0.3) is 0 Å². The number of nitrogens with zero attached hydrogens (tertiary/aromatic N) is 1. The highest BCUT2D eigenvalue weighted by Crippen LogP contribution is 2.21. The zero-order valence-corrected chi connectivity index (χ0v) is 19.2. The first-order chi connectivity index (χ1) is 15.7. The number of benzene rings is 2. The van der Waals surface area contributed by atoms with Crippen molar-refractivity contribution in [3.05, 3.63) is 54.1 Å². The molecule has 0 spiro atoms. The van der Waals surface area contributed by atoms with Gasteiger partial charge in [0.15, 0.2) is 0 Å². The lowest BCUT2D eigenvalue weighted by atomic mass is 9.97. The molecule has 0 aliphatic carbocycles. The molecule has 7 nitrogen and oxygen atoms in total. The fourth-order valence-electron chi connectivity index (χ4n) is 4.24. The molecule has 1 atom stereocenters. The van der Waals surface area contributed by atoms with Crippen molar-refractivity contribution < 1.29 is 14.2 Å². The normalized spacial score (nSPS) is 23.3. The molecule has 2 aliphatic rings. The molecule has 174 valence electrons. The molecule has 2 fully saturated rings. The zero-order valence-electron chi connectivity index (χ0n) is 19.2. The van der Waals surface area contributed by atoms with Gasteiger partial charge in [-0.1, -0.05) is 12.1 Å². The Balaban J connectivity index is 1.15. The van der Waals surface area contributed by atoms with Gasteiger partial charge < -0.3 is 24.4 Å². The summed E-state index contributed by atoms with van der Waals surface area (Å²) in [7, 11) is 3.82. The molecule has 0 radical (unpaired) electrons. The zero-order chi connectivity index (χ0) is 22.2. The van der Waals surface area contributed by atoms with Crippen LogP contribution in [0.2, 0.25) is 0 Å². The average Bonchev–Trinajstić information content (AvgIpc) is 3.34. The molecule has 0 amide bonds. The molecular weight excluding hydrogens is 404 g/mol. The third-order valence-electron chi connectivity index (χ3n) is 6.17. The summed E-state index contributed by atoms with van der Waals surface area (Å²) in [5.41, 5.74) is 2.37. The van der Waals surface area contributed by atoms with Gasteiger partial charge in [-0.05, 0) is 61.9 Å². The largest absolute Gasteiger partial charge is 0.497 e. The van der Waals surface area contributed by atoms with Crippen LogP contribution in [0, 0.1) is 0 Å². The number of nitrogens with one attached hydrogen (secondary N) is 3. The molecule has 0 saturated carbocycles. The van der Waals surface area contributed by atoms with E-state index in [4.69, 9.17) is 14.2 Å². The summed E-state index contributed by atoms with van der Waals surface area (Å²) in [5, 5.41) is 10.6. The minimum atomic E-state index is 0.0442. The van der Waals surface area contributed by atoms with Crippen LogP contribution in [0.15, 0.2) is 48.5 Å². The Morgan fingerprint density at radius 2 is 1.75 bits per heavy atom. The van der Waals surface area contributed by atoms with Gasteiger partial charge in [0, 0.05) is 44.4 Å². The summed E-state index contributed by atoms with van der Waals surface area (Å²) in [6.07, 6.45) is 2.79. The topological polar surface area (TPSA) is 67.0 Å². The number of likely N-dealkylation sites (N-methyl/N-ethyl adjacent to an activating group) is 1. The van der Waals surface area contributed by atoms with Crippen LogP contribution < -0.4 is 25.4 Å². The summed E-state index contributed by atoms with van der Waals surface area (Å²) >= 11 is 0. The van der Waals surface area contributed by atoms with E-state index in [2.05, 4.69) is 52.2 Å². The number of hydrogen-bond donors (Lipinski definition) is 3. The van der Waals surface area contributed by atoms with Crippen LogP contribution >= 0.6 is 0 Å². The van der Waals surface area contributed by atoms with Crippen LogP contribution in [0.4, 0.5) is 5.69 Å². The lowest BCUT2D eigenvalue weighted by molar-refractivity contribution is 0.0771. The second kappa shape index (κ2) is 11.5. The SMILES string of the molecule is COc1ccc(C2CNC(Nc3ccc(OCCN(C)CC4CCCO4)cc3)NC2)cc1. The molecule has 7 heteroatoms. The van der Waals surface area contributed by atoms with Crippen LogP contribution in [-0.2, 0) is 4.74 Å². The number of anilines is 1. The van der Waals surface area contributed by atoms with E-state index >= 15 is 0 Å². The van der Waals surface area contributed by atoms with E-state index in [9.17, 15) is 0 Å². The van der Waals surface area contributed by atoms with E-state index < -0.39 is 0 Å². The lowest BCUT2D eigenvalue weighted by Crippen LogP contribution is -2.55. The highest BCUT2D eigenvalue weighted by molar-refractivity contribution is 5.47. The van der Waals surface area contributed by atoms with Gasteiger partial charge in [-0.25, -0.2) is 0 Å². The maximum Gasteiger partial charge on any atom is 0.132 e. The number of methoxy groups -OCH3 is 1. The predicted molar refractivity (Wildman–Crippen MR) is 128 cm³/mol. The van der Waals surface area contributed by atoms with Gasteiger partial charge in [0.05, 0.1) is 13.2 Å². The lowest BCUT2D eigenvalue weighted by Gasteiger charge is -2.32. The maximum atomic E-state index is 5.92. The van der Waals surface area contributed by atoms with Crippen molar-refractivity contribution in [3.63, 3.8) is 0 Å². The van der Waals surface area contributed by atoms with E-state index in [1.165, 1.54) is 18.4 Å². The van der Waals surface area contributed by atoms with Crippen LogP contribution in [0.5, 0.6) is 11.5 Å². The predicted octanol–water partition coefficient (Wildman–Crippen LogP) is 2.86. The van der Waals surface area contributed by atoms with Crippen molar-refractivity contribution in [2.24, 2.45) is 0 Å². The fourth-order valence-corrected chi connectivity index (χ4v) is 4.24. The number of rotatable bonds is 10. The quantitative estimate of drug-likeness (QED) is 0.525. The van der Waals surface area contributed by atoms with Gasteiger partial charge in [0.2, 0.25) is 0 Å². The van der Waals surface area contributed by atoms with Crippen LogP contribution in [0.3, 0.4) is 0 Å². The maximum absolute atomic E-state index is 5.92. The summed E-state index contributed by atoms with van der Waals surface area (Å²) in [6, 6.07) is 16.5. The highest BCUT2D eigenvalue weighted by atomic mass is 16.5. The van der Waals surface area contributed by atoms with E-state index in [0.29, 0.717) is 18.6 Å². The van der Waals surface area contributed by atoms with Crippen LogP contribution in [0.25, 0.3) is 0 Å². The Morgan fingerprint density at radius 1 is 1.03 bits per heavy atom. The number of ether oxygens (including phenoxy) is 3. The average molecular weight is 441 g/mol. The molecule has 2 aromatic rings. The molecule has 2 heterocycles. The van der Waals surface area contributed by atoms with Crippen molar-refractivity contribution in [1.82, 2.24) is 15.5 Å². The van der Waals surface area contributed by atoms with Crippen molar-refractivity contribution in [2.45, 2.75) is 31.2 Å². The molecule has 2 aliphatic heterocycles. The second-order valence-electron chi connectivity index (χ2n) is 8.63. The Morgan fingerprint density at radius 3 is 2.41 bits per heavy atom. The Hall–Kier alpha value is -2.32. The van der Waals surface area contributed by atoms with Crippen LogP contribution in [-0.4, -0.2) is 70.8 Å². The molecule has 0 bridgehead atoms. The van der Waals surface area contributed by atoms with Crippen molar-refractivity contribution in [2.75, 3.05) is 58.9 Å². The Kier molecular flexibility index (Phi) is 8.23. The van der Waals surface area contributed by atoms with E-state index in [-0.39, 0.29) is 6.29 Å². The molecule has 32 heavy (non-hydrogen) atoms. The third-order valence-corrected chi connectivity index (χ3v) is 6.17. The Labute approximate surface area is 191 Å². The van der Waals surface area contributed by atoms with Gasteiger partial charge in [-0.3, -0.25) is 10.6 Å². The first-order valence-electron chi connectivity index (χ1n) is 11.6. The summed E-state index contributed by atoms with van der Waals surface area (Å²) in [6.45, 7) is 5.28.